The highest BCUT2D eigenvalue weighted by molar-refractivity contribution is 7.12. The van der Waals surface area contributed by atoms with Gasteiger partial charge in [0.15, 0.2) is 11.5 Å². The van der Waals surface area contributed by atoms with Crippen LogP contribution in [0.5, 0.6) is 0 Å². The second-order valence-electron chi connectivity index (χ2n) is 4.55. The zero-order valence-electron chi connectivity index (χ0n) is 12.2. The molecule has 0 saturated carbocycles. The molecule has 24 heavy (non-hydrogen) atoms. The molecule has 0 radical (unpaired) electrons. The van der Waals surface area contributed by atoms with Gasteiger partial charge in [-0.25, -0.2) is 14.3 Å². The van der Waals surface area contributed by atoms with Gasteiger partial charge in [-0.05, 0) is 17.5 Å². The maximum absolute atomic E-state index is 11.7. The van der Waals surface area contributed by atoms with Crippen LogP contribution in [0.25, 0.3) is 5.65 Å². The fourth-order valence-electron chi connectivity index (χ4n) is 1.84. The maximum atomic E-state index is 11.7. The van der Waals surface area contributed by atoms with Crippen LogP contribution in [0.4, 0.5) is 0 Å². The van der Waals surface area contributed by atoms with Crippen molar-refractivity contribution in [3.8, 4) is 0 Å². The molecule has 3 aromatic heterocycles. The molecule has 0 unspecified atom stereocenters. The SMILES string of the molecule is N/C(=N/OC(=O)CNC(=O)c1cccs1)c1cnn2cccnc12. The molecule has 0 aliphatic rings. The summed E-state index contributed by atoms with van der Waals surface area (Å²) in [5.74, 6) is -1.14. The highest BCUT2D eigenvalue weighted by Crippen LogP contribution is 2.08. The summed E-state index contributed by atoms with van der Waals surface area (Å²) in [6.45, 7) is -0.319. The number of amidine groups is 1. The lowest BCUT2D eigenvalue weighted by Gasteiger charge is -2.02. The number of nitrogens with two attached hydrogens (primary N) is 1. The normalized spacial score (nSPS) is 11.4. The Morgan fingerprint density at radius 2 is 2.29 bits per heavy atom. The zero-order chi connectivity index (χ0) is 16.9. The minimum absolute atomic E-state index is 0.0402. The lowest BCUT2D eigenvalue weighted by molar-refractivity contribution is -0.142. The first-order chi connectivity index (χ1) is 11.6. The van der Waals surface area contributed by atoms with E-state index in [0.717, 1.165) is 0 Å². The highest BCUT2D eigenvalue weighted by atomic mass is 32.1. The zero-order valence-corrected chi connectivity index (χ0v) is 13.1. The van der Waals surface area contributed by atoms with Crippen LogP contribution in [0.1, 0.15) is 15.2 Å². The Morgan fingerprint density at radius 3 is 3.08 bits per heavy atom. The third-order valence-electron chi connectivity index (χ3n) is 2.94. The van der Waals surface area contributed by atoms with Crippen LogP contribution in [0.15, 0.2) is 47.3 Å². The molecular weight excluding hydrogens is 332 g/mol. The molecule has 0 aromatic carbocycles. The number of amides is 1. The first kappa shape index (κ1) is 15.6. The molecule has 0 atom stereocenters. The number of nitrogens with one attached hydrogen (secondary N) is 1. The van der Waals surface area contributed by atoms with Crippen LogP contribution in [0.3, 0.4) is 0 Å². The van der Waals surface area contributed by atoms with Crippen LogP contribution in [-0.4, -0.2) is 38.9 Å². The third kappa shape index (κ3) is 3.38. The number of carbonyl (C=O) groups excluding carboxylic acids is 2. The van der Waals surface area contributed by atoms with Gasteiger partial charge in [0, 0.05) is 12.4 Å². The van der Waals surface area contributed by atoms with Gasteiger partial charge in [0.1, 0.15) is 6.54 Å². The van der Waals surface area contributed by atoms with E-state index >= 15 is 0 Å². The van der Waals surface area contributed by atoms with Gasteiger partial charge in [-0.2, -0.15) is 5.10 Å². The van der Waals surface area contributed by atoms with E-state index in [9.17, 15) is 9.59 Å². The second kappa shape index (κ2) is 6.87. The molecule has 3 N–H and O–H groups in total. The summed E-state index contributed by atoms with van der Waals surface area (Å²) in [5, 5.41) is 11.8. The molecule has 3 rings (SSSR count). The first-order valence-electron chi connectivity index (χ1n) is 6.79. The van der Waals surface area contributed by atoms with Crippen molar-refractivity contribution in [3.05, 3.63) is 52.6 Å². The Morgan fingerprint density at radius 1 is 1.42 bits per heavy atom. The third-order valence-corrected chi connectivity index (χ3v) is 3.81. The first-order valence-corrected chi connectivity index (χ1v) is 7.67. The lowest BCUT2D eigenvalue weighted by Crippen LogP contribution is -2.29. The number of nitrogens with zero attached hydrogens (tertiary/aromatic N) is 4. The molecule has 122 valence electrons. The summed E-state index contributed by atoms with van der Waals surface area (Å²) in [5.41, 5.74) is 6.70. The summed E-state index contributed by atoms with van der Waals surface area (Å²) in [4.78, 5) is 32.6. The summed E-state index contributed by atoms with van der Waals surface area (Å²) in [6.07, 6.45) is 4.75. The molecule has 1 amide bonds. The van der Waals surface area contributed by atoms with Gasteiger partial charge in [0.05, 0.1) is 16.6 Å². The minimum Gasteiger partial charge on any atom is -0.380 e. The van der Waals surface area contributed by atoms with Crippen molar-refractivity contribution >= 4 is 34.7 Å². The van der Waals surface area contributed by atoms with E-state index in [1.54, 1.807) is 36.0 Å². The van der Waals surface area contributed by atoms with Gasteiger partial charge in [-0.1, -0.05) is 11.2 Å². The Bertz CT molecular complexity index is 902. The standard InChI is InChI=1S/C14H12N6O3S/c15-12(9-7-18-20-5-2-4-16-13(9)20)19-23-11(21)8-17-14(22)10-3-1-6-24-10/h1-7H,8H2,(H2,15,19)(H,17,22). The lowest BCUT2D eigenvalue weighted by atomic mass is 10.3. The molecular formula is C14H12N6O3S. The van der Waals surface area contributed by atoms with Gasteiger partial charge in [-0.3, -0.25) is 4.79 Å². The number of fused-ring (bicyclic) bond motifs is 1. The fourth-order valence-corrected chi connectivity index (χ4v) is 2.48. The van der Waals surface area contributed by atoms with E-state index in [1.165, 1.54) is 22.0 Å². The van der Waals surface area contributed by atoms with Crippen molar-refractivity contribution in [2.45, 2.75) is 0 Å². The van der Waals surface area contributed by atoms with Crippen LogP contribution < -0.4 is 11.1 Å². The average molecular weight is 344 g/mol. The molecule has 3 aromatic rings. The second-order valence-corrected chi connectivity index (χ2v) is 5.49. The van der Waals surface area contributed by atoms with Crippen molar-refractivity contribution < 1.29 is 14.4 Å². The van der Waals surface area contributed by atoms with Crippen molar-refractivity contribution in [1.82, 2.24) is 19.9 Å². The summed E-state index contributed by atoms with van der Waals surface area (Å²) in [7, 11) is 0. The van der Waals surface area contributed by atoms with Crippen LogP contribution in [0, 0.1) is 0 Å². The Hall–Kier alpha value is -3.27. The smallest absolute Gasteiger partial charge is 0.354 e. The molecule has 0 fully saturated rings. The minimum atomic E-state index is -0.743. The molecule has 0 saturated heterocycles. The number of oxime groups is 1. The van der Waals surface area contributed by atoms with Gasteiger partial charge < -0.3 is 15.9 Å². The van der Waals surface area contributed by atoms with Crippen molar-refractivity contribution in [2.24, 2.45) is 10.9 Å². The monoisotopic (exact) mass is 344 g/mol. The number of hydrogen-bond acceptors (Lipinski definition) is 7. The molecule has 0 bridgehead atoms. The molecule has 0 aliphatic carbocycles. The fraction of sp³-hybridized carbons (Fsp3) is 0.0714. The quantitative estimate of drug-likeness (QED) is 0.298. The predicted molar refractivity (Wildman–Crippen MR) is 86.5 cm³/mol. The number of thiophene rings is 1. The average Bonchev–Trinajstić information content (AvgIpc) is 3.26. The van der Waals surface area contributed by atoms with E-state index in [2.05, 4.69) is 20.6 Å². The van der Waals surface area contributed by atoms with E-state index in [1.807, 2.05) is 0 Å². The topological polar surface area (TPSA) is 124 Å². The van der Waals surface area contributed by atoms with Gasteiger partial charge in [0.25, 0.3) is 5.91 Å². The molecule has 0 spiro atoms. The van der Waals surface area contributed by atoms with Crippen LogP contribution >= 0.6 is 11.3 Å². The van der Waals surface area contributed by atoms with Crippen molar-refractivity contribution in [3.63, 3.8) is 0 Å². The Kier molecular flexibility index (Phi) is 4.47. The number of rotatable bonds is 5. The molecule has 9 nitrogen and oxygen atoms in total. The molecule has 10 heteroatoms. The van der Waals surface area contributed by atoms with Crippen molar-refractivity contribution in [2.75, 3.05) is 6.54 Å². The van der Waals surface area contributed by atoms with Crippen LogP contribution in [0.2, 0.25) is 0 Å². The number of aromatic nitrogens is 3. The summed E-state index contributed by atoms with van der Waals surface area (Å²) < 4.78 is 1.51. The number of hydrogen-bond donors (Lipinski definition) is 2. The van der Waals surface area contributed by atoms with Gasteiger partial charge in [0.2, 0.25) is 0 Å². The van der Waals surface area contributed by atoms with E-state index < -0.39 is 5.97 Å². The van der Waals surface area contributed by atoms with Gasteiger partial charge >= 0.3 is 5.97 Å². The predicted octanol–water partition coefficient (Wildman–Crippen LogP) is 0.384. The summed E-state index contributed by atoms with van der Waals surface area (Å²) in [6, 6.07) is 5.11. The Balaban J connectivity index is 1.58. The maximum Gasteiger partial charge on any atom is 0.354 e. The van der Waals surface area contributed by atoms with E-state index in [4.69, 9.17) is 10.6 Å². The molecule has 0 aliphatic heterocycles. The van der Waals surface area contributed by atoms with Gasteiger partial charge in [-0.15, -0.1) is 11.3 Å². The highest BCUT2D eigenvalue weighted by Gasteiger charge is 2.12. The number of carbonyl (C=O) groups is 2. The van der Waals surface area contributed by atoms with Crippen LogP contribution in [-0.2, 0) is 9.63 Å². The van der Waals surface area contributed by atoms with E-state index in [0.29, 0.717) is 16.1 Å². The summed E-state index contributed by atoms with van der Waals surface area (Å²) >= 11 is 1.27. The largest absolute Gasteiger partial charge is 0.380 e. The Labute approximate surface area is 139 Å². The molecule has 3 heterocycles. The van der Waals surface area contributed by atoms with Crippen molar-refractivity contribution in [1.29, 1.82) is 0 Å². The van der Waals surface area contributed by atoms with E-state index in [-0.39, 0.29) is 18.3 Å².